The monoisotopic (exact) mass is 328 g/mol. The molecule has 0 N–H and O–H groups in total. The van der Waals surface area contributed by atoms with E-state index in [2.05, 4.69) is 51.1 Å². The molecule has 1 aromatic carbocycles. The second-order valence-electron chi connectivity index (χ2n) is 7.29. The van der Waals surface area contributed by atoms with Gasteiger partial charge >= 0.3 is 0 Å². The zero-order valence-electron chi connectivity index (χ0n) is 16.0. The average molecular weight is 329 g/mol. The van der Waals surface area contributed by atoms with Gasteiger partial charge in [-0.3, -0.25) is 0 Å². The summed E-state index contributed by atoms with van der Waals surface area (Å²) in [5.74, 6) is 2.67. The minimum atomic E-state index is 0.747. The average Bonchev–Trinajstić information content (AvgIpc) is 2.62. The van der Waals surface area contributed by atoms with E-state index in [0.717, 1.165) is 37.0 Å². The second-order valence-corrected chi connectivity index (χ2v) is 7.29. The van der Waals surface area contributed by atoms with Crippen molar-refractivity contribution in [2.24, 2.45) is 5.92 Å². The lowest BCUT2D eigenvalue weighted by molar-refractivity contribution is 0.313. The molecule has 0 spiro atoms. The Kier molecular flexibility index (Phi) is 8.42. The summed E-state index contributed by atoms with van der Waals surface area (Å²) in [6.45, 7) is 7.50. The number of aryl methyl sites for hydroxylation is 1. The van der Waals surface area contributed by atoms with Crippen molar-refractivity contribution in [3.8, 4) is 5.75 Å². The Bertz CT molecular complexity index is 495. The van der Waals surface area contributed by atoms with Gasteiger partial charge < -0.3 is 4.74 Å². The number of hydrogen-bond donors (Lipinski definition) is 0. The number of rotatable bonds is 9. The molecule has 1 nitrogen and oxygen atoms in total. The first-order valence-electron chi connectivity index (χ1n) is 10.2. The van der Waals surface area contributed by atoms with Crippen LogP contribution < -0.4 is 4.74 Å². The van der Waals surface area contributed by atoms with E-state index in [-0.39, 0.29) is 0 Å². The van der Waals surface area contributed by atoms with Gasteiger partial charge in [-0.05, 0) is 74.0 Å². The standard InChI is InChI=1S/C23H36O/c1-4-7-8-10-19-11-13-20(14-12-19)21-15-16-23(24-17-6-3)22(18-21)9-5-2/h8,10,15-16,18-20H,4-7,9,11-14,17H2,1-3H3/t19-,20-. The lowest BCUT2D eigenvalue weighted by atomic mass is 9.78. The van der Waals surface area contributed by atoms with Gasteiger partial charge in [0.15, 0.2) is 0 Å². The molecule has 0 saturated heterocycles. The quantitative estimate of drug-likeness (QED) is 0.441. The predicted octanol–water partition coefficient (Wildman–Crippen LogP) is 7.06. The number of benzene rings is 1. The Morgan fingerprint density at radius 1 is 1.00 bits per heavy atom. The van der Waals surface area contributed by atoms with Crippen LogP contribution in [0, 0.1) is 5.92 Å². The fraction of sp³-hybridized carbons (Fsp3) is 0.652. The molecule has 134 valence electrons. The van der Waals surface area contributed by atoms with Gasteiger partial charge in [-0.1, -0.05) is 57.9 Å². The highest BCUT2D eigenvalue weighted by molar-refractivity contribution is 5.39. The van der Waals surface area contributed by atoms with Crippen LogP contribution >= 0.6 is 0 Å². The third-order valence-electron chi connectivity index (χ3n) is 5.17. The van der Waals surface area contributed by atoms with Crippen molar-refractivity contribution in [1.82, 2.24) is 0 Å². The summed E-state index contributed by atoms with van der Waals surface area (Å²) in [4.78, 5) is 0. The largest absolute Gasteiger partial charge is 0.493 e. The van der Waals surface area contributed by atoms with Crippen molar-refractivity contribution in [2.75, 3.05) is 6.61 Å². The molecule has 0 aromatic heterocycles. The highest BCUT2D eigenvalue weighted by Gasteiger charge is 2.21. The SMILES string of the molecule is CCCC=C[C@H]1CC[C@H](c2ccc(OCCC)c(CCC)c2)CC1. The Balaban J connectivity index is 1.98. The first kappa shape index (κ1) is 19.1. The third-order valence-corrected chi connectivity index (χ3v) is 5.17. The molecule has 1 aromatic rings. The van der Waals surface area contributed by atoms with Crippen LogP contribution in [0.2, 0.25) is 0 Å². The molecule has 0 heterocycles. The van der Waals surface area contributed by atoms with Crippen LogP contribution in [0.5, 0.6) is 5.75 Å². The number of hydrogen-bond acceptors (Lipinski definition) is 1. The molecular formula is C23H36O. The Morgan fingerprint density at radius 3 is 2.46 bits per heavy atom. The maximum Gasteiger partial charge on any atom is 0.122 e. The van der Waals surface area contributed by atoms with Gasteiger partial charge in [0, 0.05) is 0 Å². The summed E-state index contributed by atoms with van der Waals surface area (Å²) in [7, 11) is 0. The van der Waals surface area contributed by atoms with Gasteiger partial charge in [-0.25, -0.2) is 0 Å². The van der Waals surface area contributed by atoms with Crippen LogP contribution in [0.15, 0.2) is 30.4 Å². The first-order valence-corrected chi connectivity index (χ1v) is 10.2. The Hall–Kier alpha value is -1.24. The predicted molar refractivity (Wildman–Crippen MR) is 105 cm³/mol. The van der Waals surface area contributed by atoms with Gasteiger partial charge in [0.1, 0.15) is 5.75 Å². The highest BCUT2D eigenvalue weighted by Crippen LogP contribution is 2.38. The molecule has 0 atom stereocenters. The van der Waals surface area contributed by atoms with Crippen molar-refractivity contribution in [1.29, 1.82) is 0 Å². The number of unbranched alkanes of at least 4 members (excludes halogenated alkanes) is 1. The number of allylic oxidation sites excluding steroid dienone is 2. The van der Waals surface area contributed by atoms with Gasteiger partial charge in [0.05, 0.1) is 6.61 Å². The van der Waals surface area contributed by atoms with E-state index in [0.29, 0.717) is 0 Å². The van der Waals surface area contributed by atoms with E-state index < -0.39 is 0 Å². The fourth-order valence-electron chi connectivity index (χ4n) is 3.77. The smallest absolute Gasteiger partial charge is 0.122 e. The second kappa shape index (κ2) is 10.6. The minimum absolute atomic E-state index is 0.747. The van der Waals surface area contributed by atoms with Crippen molar-refractivity contribution in [2.45, 2.75) is 84.5 Å². The summed E-state index contributed by atoms with van der Waals surface area (Å²) < 4.78 is 5.94. The van der Waals surface area contributed by atoms with Gasteiger partial charge in [-0.2, -0.15) is 0 Å². The molecule has 1 aliphatic carbocycles. The zero-order chi connectivity index (χ0) is 17.2. The molecule has 1 saturated carbocycles. The van der Waals surface area contributed by atoms with Crippen molar-refractivity contribution in [3.05, 3.63) is 41.5 Å². The van der Waals surface area contributed by atoms with Gasteiger partial charge in [0.2, 0.25) is 0 Å². The van der Waals surface area contributed by atoms with E-state index in [1.54, 1.807) is 5.56 Å². The van der Waals surface area contributed by atoms with Crippen LogP contribution in [0.25, 0.3) is 0 Å². The molecule has 24 heavy (non-hydrogen) atoms. The molecule has 0 aliphatic heterocycles. The molecule has 1 fully saturated rings. The van der Waals surface area contributed by atoms with Crippen LogP contribution in [0.3, 0.4) is 0 Å². The van der Waals surface area contributed by atoms with Gasteiger partial charge in [-0.15, -0.1) is 0 Å². The zero-order valence-corrected chi connectivity index (χ0v) is 16.0. The van der Waals surface area contributed by atoms with Crippen LogP contribution in [0.1, 0.15) is 89.2 Å². The lowest BCUT2D eigenvalue weighted by Crippen LogP contribution is -2.12. The van der Waals surface area contributed by atoms with E-state index >= 15 is 0 Å². The normalized spacial score (nSPS) is 21.3. The maximum atomic E-state index is 5.94. The summed E-state index contributed by atoms with van der Waals surface area (Å²) in [6.07, 6.45) is 16.1. The minimum Gasteiger partial charge on any atom is -0.493 e. The van der Waals surface area contributed by atoms with Gasteiger partial charge in [0.25, 0.3) is 0 Å². The lowest BCUT2D eigenvalue weighted by Gasteiger charge is -2.28. The third kappa shape index (κ3) is 5.69. The van der Waals surface area contributed by atoms with Crippen LogP contribution in [-0.4, -0.2) is 6.61 Å². The molecule has 2 rings (SSSR count). The van der Waals surface area contributed by atoms with Crippen molar-refractivity contribution >= 4 is 0 Å². The highest BCUT2D eigenvalue weighted by atomic mass is 16.5. The van der Waals surface area contributed by atoms with Crippen LogP contribution in [-0.2, 0) is 6.42 Å². The van der Waals surface area contributed by atoms with Crippen molar-refractivity contribution in [3.63, 3.8) is 0 Å². The molecule has 0 bridgehead atoms. The maximum absolute atomic E-state index is 5.94. The van der Waals surface area contributed by atoms with E-state index in [1.165, 1.54) is 50.5 Å². The topological polar surface area (TPSA) is 9.23 Å². The molecule has 0 radical (unpaired) electrons. The molecule has 1 aliphatic rings. The van der Waals surface area contributed by atoms with Crippen molar-refractivity contribution < 1.29 is 4.74 Å². The summed E-state index contributed by atoms with van der Waals surface area (Å²) >= 11 is 0. The van der Waals surface area contributed by atoms with E-state index in [1.807, 2.05) is 0 Å². The van der Waals surface area contributed by atoms with E-state index in [9.17, 15) is 0 Å². The van der Waals surface area contributed by atoms with E-state index in [4.69, 9.17) is 4.74 Å². The molecule has 0 unspecified atom stereocenters. The van der Waals surface area contributed by atoms with Crippen LogP contribution in [0.4, 0.5) is 0 Å². The first-order chi connectivity index (χ1) is 11.8. The molecule has 0 amide bonds. The Morgan fingerprint density at radius 2 is 1.79 bits per heavy atom. The Labute approximate surface area is 149 Å². The molecular weight excluding hydrogens is 292 g/mol. The summed E-state index contributed by atoms with van der Waals surface area (Å²) in [5, 5.41) is 0. The summed E-state index contributed by atoms with van der Waals surface area (Å²) in [5.41, 5.74) is 2.95. The summed E-state index contributed by atoms with van der Waals surface area (Å²) in [6, 6.07) is 6.98. The number of ether oxygens (including phenoxy) is 1. The molecule has 1 heteroatoms. The fourth-order valence-corrected chi connectivity index (χ4v) is 3.77.